The Labute approximate surface area is 161 Å². The predicted octanol–water partition coefficient (Wildman–Crippen LogP) is 4.09. The van der Waals surface area contributed by atoms with Crippen LogP contribution in [0.1, 0.15) is 42.9 Å². The zero-order valence-corrected chi connectivity index (χ0v) is 16.3. The lowest BCUT2D eigenvalue weighted by atomic mass is 9.92. The number of ether oxygens (including phenoxy) is 2. The SMILES string of the molecule is CCC(Oc1ccc2c(c1)CCCC2)C(=O)NCCc1ccc(OC)cc1. The van der Waals surface area contributed by atoms with Gasteiger partial charge >= 0.3 is 0 Å². The predicted molar refractivity (Wildman–Crippen MR) is 107 cm³/mol. The van der Waals surface area contributed by atoms with Crippen molar-refractivity contribution in [3.63, 3.8) is 0 Å². The molecule has 0 aromatic heterocycles. The number of rotatable bonds is 8. The summed E-state index contributed by atoms with van der Waals surface area (Å²) in [6, 6.07) is 14.2. The van der Waals surface area contributed by atoms with Gasteiger partial charge in [0.25, 0.3) is 5.91 Å². The summed E-state index contributed by atoms with van der Waals surface area (Å²) in [4.78, 5) is 12.5. The number of hydrogen-bond acceptors (Lipinski definition) is 3. The van der Waals surface area contributed by atoms with Crippen LogP contribution in [-0.2, 0) is 24.1 Å². The molecule has 0 radical (unpaired) electrons. The molecule has 1 aliphatic carbocycles. The van der Waals surface area contributed by atoms with Gasteiger partial charge in [-0.15, -0.1) is 0 Å². The Hall–Kier alpha value is -2.49. The van der Waals surface area contributed by atoms with Gasteiger partial charge in [-0.1, -0.05) is 25.1 Å². The van der Waals surface area contributed by atoms with Crippen molar-refractivity contribution in [1.29, 1.82) is 0 Å². The standard InChI is InChI=1S/C23H29NO3/c1-3-22(27-21-13-10-18-6-4-5-7-19(18)16-21)23(25)24-15-14-17-8-11-20(26-2)12-9-17/h8-13,16,22H,3-7,14-15H2,1-2H3,(H,24,25). The molecule has 1 atom stereocenters. The minimum Gasteiger partial charge on any atom is -0.497 e. The van der Waals surface area contributed by atoms with E-state index in [-0.39, 0.29) is 5.91 Å². The third-order valence-electron chi connectivity index (χ3n) is 5.13. The third kappa shape index (κ3) is 5.25. The lowest BCUT2D eigenvalue weighted by Crippen LogP contribution is -2.39. The molecule has 1 aliphatic rings. The van der Waals surface area contributed by atoms with Crippen LogP contribution >= 0.6 is 0 Å². The van der Waals surface area contributed by atoms with Gasteiger partial charge in [0.15, 0.2) is 6.10 Å². The number of aryl methyl sites for hydroxylation is 2. The maximum atomic E-state index is 12.5. The lowest BCUT2D eigenvalue weighted by molar-refractivity contribution is -0.128. The summed E-state index contributed by atoms with van der Waals surface area (Å²) >= 11 is 0. The third-order valence-corrected chi connectivity index (χ3v) is 5.13. The van der Waals surface area contributed by atoms with Crippen molar-refractivity contribution in [2.75, 3.05) is 13.7 Å². The monoisotopic (exact) mass is 367 g/mol. The van der Waals surface area contributed by atoms with Crippen molar-refractivity contribution in [1.82, 2.24) is 5.32 Å². The van der Waals surface area contributed by atoms with Crippen molar-refractivity contribution in [3.8, 4) is 11.5 Å². The van der Waals surface area contributed by atoms with Crippen LogP contribution < -0.4 is 14.8 Å². The van der Waals surface area contributed by atoms with Gasteiger partial charge in [0.05, 0.1) is 7.11 Å². The zero-order chi connectivity index (χ0) is 19.1. The molecule has 0 aliphatic heterocycles. The molecule has 2 aromatic carbocycles. The molecule has 0 bridgehead atoms. The average Bonchev–Trinajstić information content (AvgIpc) is 2.72. The largest absolute Gasteiger partial charge is 0.497 e. The van der Waals surface area contributed by atoms with Crippen LogP contribution in [0.15, 0.2) is 42.5 Å². The minimum absolute atomic E-state index is 0.0521. The molecule has 1 amide bonds. The summed E-state index contributed by atoms with van der Waals surface area (Å²) in [6.45, 7) is 2.57. The molecule has 3 rings (SSSR count). The summed E-state index contributed by atoms with van der Waals surface area (Å²) in [7, 11) is 1.66. The van der Waals surface area contributed by atoms with E-state index in [1.165, 1.54) is 29.5 Å². The van der Waals surface area contributed by atoms with E-state index >= 15 is 0 Å². The van der Waals surface area contributed by atoms with E-state index in [0.717, 1.165) is 30.8 Å². The number of benzene rings is 2. The number of hydrogen-bond donors (Lipinski definition) is 1. The molecule has 144 valence electrons. The molecule has 0 saturated heterocycles. The second-order valence-corrected chi connectivity index (χ2v) is 7.04. The van der Waals surface area contributed by atoms with Crippen molar-refractivity contribution >= 4 is 5.91 Å². The van der Waals surface area contributed by atoms with Crippen LogP contribution in [0.5, 0.6) is 11.5 Å². The van der Waals surface area contributed by atoms with Crippen molar-refractivity contribution in [2.24, 2.45) is 0 Å². The smallest absolute Gasteiger partial charge is 0.261 e. The number of amides is 1. The Morgan fingerprint density at radius 3 is 2.44 bits per heavy atom. The lowest BCUT2D eigenvalue weighted by Gasteiger charge is -2.20. The molecule has 2 aromatic rings. The second-order valence-electron chi connectivity index (χ2n) is 7.04. The van der Waals surface area contributed by atoms with Crippen molar-refractivity contribution in [3.05, 3.63) is 59.2 Å². The Morgan fingerprint density at radius 2 is 1.74 bits per heavy atom. The van der Waals surface area contributed by atoms with Gasteiger partial charge in [-0.3, -0.25) is 4.79 Å². The minimum atomic E-state index is -0.456. The highest BCUT2D eigenvalue weighted by Gasteiger charge is 2.19. The van der Waals surface area contributed by atoms with Crippen LogP contribution in [-0.4, -0.2) is 25.7 Å². The summed E-state index contributed by atoms with van der Waals surface area (Å²) in [5.41, 5.74) is 3.96. The highest BCUT2D eigenvalue weighted by atomic mass is 16.5. The van der Waals surface area contributed by atoms with E-state index < -0.39 is 6.10 Å². The number of nitrogens with one attached hydrogen (secondary N) is 1. The van der Waals surface area contributed by atoms with Crippen LogP contribution in [0, 0.1) is 0 Å². The first-order chi connectivity index (χ1) is 13.2. The van der Waals surface area contributed by atoms with Crippen molar-refractivity contribution in [2.45, 2.75) is 51.6 Å². The maximum absolute atomic E-state index is 12.5. The molecule has 27 heavy (non-hydrogen) atoms. The molecular weight excluding hydrogens is 338 g/mol. The second kappa shape index (κ2) is 9.45. The first-order valence-electron chi connectivity index (χ1n) is 9.88. The Balaban J connectivity index is 1.51. The molecule has 0 spiro atoms. The van der Waals surface area contributed by atoms with E-state index in [9.17, 15) is 4.79 Å². The number of fused-ring (bicyclic) bond motifs is 1. The molecule has 4 heteroatoms. The highest BCUT2D eigenvalue weighted by molar-refractivity contribution is 5.81. The van der Waals surface area contributed by atoms with Gasteiger partial charge in [0.1, 0.15) is 11.5 Å². The van der Waals surface area contributed by atoms with E-state index in [2.05, 4.69) is 17.4 Å². The quantitative estimate of drug-likeness (QED) is 0.764. The number of carbonyl (C=O) groups is 1. The van der Waals surface area contributed by atoms with E-state index in [0.29, 0.717) is 13.0 Å². The van der Waals surface area contributed by atoms with Crippen LogP contribution in [0.4, 0.5) is 0 Å². The fraction of sp³-hybridized carbons (Fsp3) is 0.435. The normalized spacial score (nSPS) is 14.1. The number of carbonyl (C=O) groups excluding carboxylic acids is 1. The Kier molecular flexibility index (Phi) is 6.74. The Morgan fingerprint density at radius 1 is 1.04 bits per heavy atom. The molecule has 0 heterocycles. The average molecular weight is 367 g/mol. The molecular formula is C23H29NO3. The highest BCUT2D eigenvalue weighted by Crippen LogP contribution is 2.26. The van der Waals surface area contributed by atoms with E-state index in [1.54, 1.807) is 7.11 Å². The first kappa shape index (κ1) is 19.3. The van der Waals surface area contributed by atoms with Gasteiger partial charge in [-0.2, -0.15) is 0 Å². The summed E-state index contributed by atoms with van der Waals surface area (Å²) < 4.78 is 11.2. The van der Waals surface area contributed by atoms with Gasteiger partial charge in [-0.25, -0.2) is 0 Å². The van der Waals surface area contributed by atoms with Gasteiger partial charge in [-0.05, 0) is 79.5 Å². The summed E-state index contributed by atoms with van der Waals surface area (Å²) in [5, 5.41) is 3.00. The fourth-order valence-corrected chi connectivity index (χ4v) is 3.51. The fourth-order valence-electron chi connectivity index (χ4n) is 3.51. The topological polar surface area (TPSA) is 47.6 Å². The van der Waals surface area contributed by atoms with E-state index in [1.807, 2.05) is 37.3 Å². The van der Waals surface area contributed by atoms with Gasteiger partial charge < -0.3 is 14.8 Å². The molecule has 4 nitrogen and oxygen atoms in total. The Bertz CT molecular complexity index is 755. The molecule has 0 fully saturated rings. The molecule has 1 N–H and O–H groups in total. The van der Waals surface area contributed by atoms with Crippen LogP contribution in [0.3, 0.4) is 0 Å². The van der Waals surface area contributed by atoms with Crippen LogP contribution in [0.25, 0.3) is 0 Å². The van der Waals surface area contributed by atoms with Crippen LogP contribution in [0.2, 0.25) is 0 Å². The molecule has 1 unspecified atom stereocenters. The zero-order valence-electron chi connectivity index (χ0n) is 16.3. The first-order valence-corrected chi connectivity index (χ1v) is 9.88. The van der Waals surface area contributed by atoms with Crippen molar-refractivity contribution < 1.29 is 14.3 Å². The maximum Gasteiger partial charge on any atom is 0.261 e. The van der Waals surface area contributed by atoms with Gasteiger partial charge in [0, 0.05) is 6.54 Å². The summed E-state index contributed by atoms with van der Waals surface area (Å²) in [6.07, 6.45) is 5.73. The molecule has 0 saturated carbocycles. The van der Waals surface area contributed by atoms with Gasteiger partial charge in [0.2, 0.25) is 0 Å². The summed E-state index contributed by atoms with van der Waals surface area (Å²) in [5.74, 6) is 1.59. The van der Waals surface area contributed by atoms with E-state index in [4.69, 9.17) is 9.47 Å². The number of methoxy groups -OCH3 is 1.